The summed E-state index contributed by atoms with van der Waals surface area (Å²) >= 11 is 0. The van der Waals surface area contributed by atoms with Crippen molar-refractivity contribution >= 4 is 10.9 Å². The van der Waals surface area contributed by atoms with Crippen molar-refractivity contribution < 1.29 is 4.74 Å². The number of pyridine rings is 2. The van der Waals surface area contributed by atoms with Crippen LogP contribution in [0.4, 0.5) is 0 Å². The molecule has 0 aliphatic heterocycles. The van der Waals surface area contributed by atoms with Gasteiger partial charge in [-0.2, -0.15) is 0 Å². The van der Waals surface area contributed by atoms with Crippen LogP contribution in [0.25, 0.3) is 22.0 Å². The maximum Gasteiger partial charge on any atom is 0.119 e. The van der Waals surface area contributed by atoms with Crippen LogP contribution in [-0.4, -0.2) is 16.6 Å². The fourth-order valence-corrected chi connectivity index (χ4v) is 2.06. The number of hydrogen-bond donors (Lipinski definition) is 0. The molecule has 0 fully saturated rings. The number of nitrogens with zero attached hydrogens (tertiary/aromatic N) is 2. The van der Waals surface area contributed by atoms with E-state index < -0.39 is 0 Å². The second-order valence-electron chi connectivity index (χ2n) is 4.25. The van der Waals surface area contributed by atoms with E-state index in [2.05, 4.69) is 22.1 Å². The van der Waals surface area contributed by atoms with Crippen LogP contribution in [0, 0.1) is 0 Å². The van der Waals surface area contributed by atoms with Gasteiger partial charge in [0.05, 0.1) is 12.1 Å². The van der Waals surface area contributed by atoms with Crippen molar-refractivity contribution in [1.29, 1.82) is 0 Å². The van der Waals surface area contributed by atoms with Gasteiger partial charge >= 0.3 is 0 Å². The molecule has 0 saturated carbocycles. The Morgan fingerprint density at radius 3 is 2.89 bits per heavy atom. The molecule has 2 aromatic heterocycles. The summed E-state index contributed by atoms with van der Waals surface area (Å²) in [6.07, 6.45) is 5.47. The molecule has 0 unspecified atom stereocenters. The number of ether oxygens (including phenoxy) is 1. The molecule has 0 amide bonds. The third-order valence-corrected chi connectivity index (χ3v) is 2.96. The van der Waals surface area contributed by atoms with E-state index in [1.807, 2.05) is 43.6 Å². The van der Waals surface area contributed by atoms with Gasteiger partial charge in [0.2, 0.25) is 0 Å². The smallest absolute Gasteiger partial charge is 0.119 e. The molecule has 0 N–H and O–H groups in total. The highest BCUT2D eigenvalue weighted by molar-refractivity contribution is 5.82. The molecule has 0 saturated heterocycles. The molecule has 0 aliphatic carbocycles. The van der Waals surface area contributed by atoms with E-state index in [0.29, 0.717) is 6.61 Å². The Kier molecular flexibility index (Phi) is 3.11. The highest BCUT2D eigenvalue weighted by Gasteiger charge is 2.02. The molecule has 1 aromatic carbocycles. The average molecular weight is 250 g/mol. The maximum absolute atomic E-state index is 5.52. The SMILES string of the molecule is CCOc1cccc(-c2cnc3ccncc3c2)c1. The fraction of sp³-hybridized carbons (Fsp3) is 0.125. The van der Waals surface area contributed by atoms with Crippen molar-refractivity contribution in [2.75, 3.05) is 6.61 Å². The van der Waals surface area contributed by atoms with Crippen LogP contribution in [0.2, 0.25) is 0 Å². The first-order valence-electron chi connectivity index (χ1n) is 6.30. The number of benzene rings is 1. The quantitative estimate of drug-likeness (QED) is 0.711. The number of fused-ring (bicyclic) bond motifs is 1. The summed E-state index contributed by atoms with van der Waals surface area (Å²) in [7, 11) is 0. The van der Waals surface area contributed by atoms with Crippen molar-refractivity contribution in [1.82, 2.24) is 9.97 Å². The third-order valence-electron chi connectivity index (χ3n) is 2.96. The summed E-state index contributed by atoms with van der Waals surface area (Å²) in [5.74, 6) is 0.881. The van der Waals surface area contributed by atoms with E-state index >= 15 is 0 Å². The summed E-state index contributed by atoms with van der Waals surface area (Å²) in [4.78, 5) is 8.58. The molecule has 94 valence electrons. The van der Waals surface area contributed by atoms with Crippen LogP contribution in [0.15, 0.2) is 55.0 Å². The molecule has 0 atom stereocenters. The fourth-order valence-electron chi connectivity index (χ4n) is 2.06. The summed E-state index contributed by atoms with van der Waals surface area (Å²) in [5, 5.41) is 1.04. The van der Waals surface area contributed by atoms with E-state index in [-0.39, 0.29) is 0 Å². The number of rotatable bonds is 3. The summed E-state index contributed by atoms with van der Waals surface area (Å²) < 4.78 is 5.52. The first-order valence-corrected chi connectivity index (χ1v) is 6.30. The van der Waals surface area contributed by atoms with Crippen LogP contribution >= 0.6 is 0 Å². The third kappa shape index (κ3) is 2.40. The zero-order valence-electron chi connectivity index (χ0n) is 10.7. The predicted molar refractivity (Wildman–Crippen MR) is 76.1 cm³/mol. The molecule has 0 spiro atoms. The molecule has 19 heavy (non-hydrogen) atoms. The highest BCUT2D eigenvalue weighted by atomic mass is 16.5. The Bertz CT molecular complexity index is 710. The summed E-state index contributed by atoms with van der Waals surface area (Å²) in [6.45, 7) is 2.65. The van der Waals surface area contributed by atoms with E-state index in [1.165, 1.54) is 0 Å². The number of aromatic nitrogens is 2. The van der Waals surface area contributed by atoms with Crippen molar-refractivity contribution in [3.05, 3.63) is 55.0 Å². The van der Waals surface area contributed by atoms with Crippen LogP contribution in [0.5, 0.6) is 5.75 Å². The lowest BCUT2D eigenvalue weighted by molar-refractivity contribution is 0.340. The molecule has 2 heterocycles. The lowest BCUT2D eigenvalue weighted by Gasteiger charge is -2.06. The molecule has 0 radical (unpaired) electrons. The maximum atomic E-state index is 5.52. The van der Waals surface area contributed by atoms with Gasteiger partial charge in [-0.05, 0) is 36.8 Å². The highest BCUT2D eigenvalue weighted by Crippen LogP contribution is 2.25. The van der Waals surface area contributed by atoms with Crippen molar-refractivity contribution in [2.24, 2.45) is 0 Å². The van der Waals surface area contributed by atoms with Gasteiger partial charge in [0, 0.05) is 29.5 Å². The molecule has 0 bridgehead atoms. The van der Waals surface area contributed by atoms with Crippen LogP contribution in [0.1, 0.15) is 6.92 Å². The van der Waals surface area contributed by atoms with Crippen molar-refractivity contribution in [3.8, 4) is 16.9 Å². The standard InChI is InChI=1S/C16H14N2O/c1-2-19-15-5-3-4-12(9-15)13-8-14-10-17-7-6-16(14)18-11-13/h3-11H,2H2,1H3. The summed E-state index contributed by atoms with van der Waals surface area (Å²) in [5.41, 5.74) is 3.13. The van der Waals surface area contributed by atoms with Crippen LogP contribution in [-0.2, 0) is 0 Å². The normalized spacial score (nSPS) is 10.6. The van der Waals surface area contributed by atoms with Gasteiger partial charge in [-0.25, -0.2) is 0 Å². The monoisotopic (exact) mass is 250 g/mol. The molecular weight excluding hydrogens is 236 g/mol. The topological polar surface area (TPSA) is 35.0 Å². The molecule has 3 nitrogen and oxygen atoms in total. The largest absolute Gasteiger partial charge is 0.494 e. The van der Waals surface area contributed by atoms with Gasteiger partial charge in [-0.3, -0.25) is 9.97 Å². The number of hydrogen-bond acceptors (Lipinski definition) is 3. The van der Waals surface area contributed by atoms with E-state index in [1.54, 1.807) is 6.20 Å². The lowest BCUT2D eigenvalue weighted by Crippen LogP contribution is -1.91. The molecular formula is C16H14N2O. The van der Waals surface area contributed by atoms with Gasteiger partial charge in [-0.1, -0.05) is 12.1 Å². The van der Waals surface area contributed by atoms with Crippen LogP contribution in [0.3, 0.4) is 0 Å². The van der Waals surface area contributed by atoms with Gasteiger partial charge in [0.15, 0.2) is 0 Å². The Labute approximate surface area is 111 Å². The minimum Gasteiger partial charge on any atom is -0.494 e. The van der Waals surface area contributed by atoms with E-state index in [4.69, 9.17) is 4.74 Å². The average Bonchev–Trinajstić information content (AvgIpc) is 2.47. The minimum atomic E-state index is 0.670. The lowest BCUT2D eigenvalue weighted by atomic mass is 10.1. The molecule has 3 rings (SSSR count). The molecule has 0 aliphatic rings. The Morgan fingerprint density at radius 1 is 1.05 bits per heavy atom. The molecule has 3 heteroatoms. The first kappa shape index (κ1) is 11.7. The minimum absolute atomic E-state index is 0.670. The van der Waals surface area contributed by atoms with Gasteiger partial charge in [0.1, 0.15) is 5.75 Å². The van der Waals surface area contributed by atoms with Crippen LogP contribution < -0.4 is 4.74 Å². The Balaban J connectivity index is 2.05. The van der Waals surface area contributed by atoms with Crippen molar-refractivity contribution in [3.63, 3.8) is 0 Å². The van der Waals surface area contributed by atoms with Gasteiger partial charge in [-0.15, -0.1) is 0 Å². The summed E-state index contributed by atoms with van der Waals surface area (Å²) in [6, 6.07) is 12.1. The zero-order chi connectivity index (χ0) is 13.1. The zero-order valence-corrected chi connectivity index (χ0v) is 10.7. The van der Waals surface area contributed by atoms with Gasteiger partial charge < -0.3 is 4.74 Å². The molecule has 3 aromatic rings. The second kappa shape index (κ2) is 5.06. The van der Waals surface area contributed by atoms with Gasteiger partial charge in [0.25, 0.3) is 0 Å². The Hall–Kier alpha value is -2.42. The van der Waals surface area contributed by atoms with E-state index in [9.17, 15) is 0 Å². The first-order chi connectivity index (χ1) is 9.36. The van der Waals surface area contributed by atoms with Crippen molar-refractivity contribution in [2.45, 2.75) is 6.92 Å². The second-order valence-corrected chi connectivity index (χ2v) is 4.25. The van der Waals surface area contributed by atoms with E-state index in [0.717, 1.165) is 27.8 Å². The Morgan fingerprint density at radius 2 is 2.00 bits per heavy atom. The predicted octanol–water partition coefficient (Wildman–Crippen LogP) is 3.70.